The number of carbonyl (C=O) groups is 1. The summed E-state index contributed by atoms with van der Waals surface area (Å²) in [6.07, 6.45) is 1.72. The topological polar surface area (TPSA) is 69.8 Å². The summed E-state index contributed by atoms with van der Waals surface area (Å²) in [7, 11) is 0. The molecule has 5 nitrogen and oxygen atoms in total. The lowest BCUT2D eigenvalue weighted by Crippen LogP contribution is -2.15. The first-order valence-electron chi connectivity index (χ1n) is 10.5. The summed E-state index contributed by atoms with van der Waals surface area (Å²) in [4.78, 5) is 21.2. The fourth-order valence-electron chi connectivity index (χ4n) is 3.97. The van der Waals surface area contributed by atoms with Gasteiger partial charge in [0.1, 0.15) is 5.82 Å². The second kappa shape index (κ2) is 8.88. The summed E-state index contributed by atoms with van der Waals surface area (Å²) in [5.74, 6) is -0.483. The fourth-order valence-corrected chi connectivity index (χ4v) is 4.59. The maximum atomic E-state index is 14.5. The van der Waals surface area contributed by atoms with Crippen molar-refractivity contribution in [3.05, 3.63) is 112 Å². The Morgan fingerprint density at radius 3 is 2.67 bits per heavy atom. The Labute approximate surface area is 194 Å². The number of aromatic nitrogens is 2. The zero-order valence-corrected chi connectivity index (χ0v) is 18.6. The maximum Gasteiger partial charge on any atom is 0.265 e. The molecular formula is C26H21FN4OS. The fraction of sp³-hybridized carbons (Fsp3) is 0.0769. The molecule has 0 aliphatic carbocycles. The van der Waals surface area contributed by atoms with Crippen LogP contribution in [0.5, 0.6) is 0 Å². The highest BCUT2D eigenvalue weighted by Crippen LogP contribution is 2.35. The van der Waals surface area contributed by atoms with Gasteiger partial charge in [-0.3, -0.25) is 9.78 Å². The Kier molecular flexibility index (Phi) is 5.62. The first kappa shape index (κ1) is 20.9. The van der Waals surface area contributed by atoms with Crippen molar-refractivity contribution in [1.82, 2.24) is 9.97 Å². The standard InChI is InChI=1S/C26H21FN4OS/c1-16-24(25(22-9-4-5-13-28-22)31-21-8-3-2-7-19(21)27)18-15-17(11-12-20(18)29-16)30-26(32)23-10-6-14-33-23/h2-15,25,29,31H,1H3,(H,30,32)/t25-/m0/s1. The van der Waals surface area contributed by atoms with E-state index in [0.717, 1.165) is 27.9 Å². The molecule has 164 valence electrons. The number of nitrogens with zero attached hydrogens (tertiary/aromatic N) is 1. The summed E-state index contributed by atoms with van der Waals surface area (Å²) >= 11 is 1.39. The molecular weight excluding hydrogens is 435 g/mol. The minimum atomic E-state index is -0.403. The van der Waals surface area contributed by atoms with Crippen LogP contribution in [0.15, 0.2) is 84.4 Å². The van der Waals surface area contributed by atoms with Crippen molar-refractivity contribution in [3.8, 4) is 0 Å². The van der Waals surface area contributed by atoms with E-state index in [1.807, 2.05) is 54.8 Å². The van der Waals surface area contributed by atoms with E-state index in [1.165, 1.54) is 17.4 Å². The van der Waals surface area contributed by atoms with Gasteiger partial charge in [-0.2, -0.15) is 0 Å². The molecule has 3 aromatic heterocycles. The summed E-state index contributed by atoms with van der Waals surface area (Å²) in [6.45, 7) is 1.98. The highest BCUT2D eigenvalue weighted by atomic mass is 32.1. The van der Waals surface area contributed by atoms with Gasteiger partial charge in [0.15, 0.2) is 0 Å². The summed E-state index contributed by atoms with van der Waals surface area (Å²) < 4.78 is 14.5. The monoisotopic (exact) mass is 456 g/mol. The van der Waals surface area contributed by atoms with Gasteiger partial charge < -0.3 is 15.6 Å². The summed E-state index contributed by atoms with van der Waals surface area (Å²) in [5.41, 5.74) is 4.65. The van der Waals surface area contributed by atoms with Gasteiger partial charge in [-0.15, -0.1) is 11.3 Å². The van der Waals surface area contributed by atoms with Crippen LogP contribution >= 0.6 is 11.3 Å². The van der Waals surface area contributed by atoms with E-state index in [2.05, 4.69) is 20.6 Å². The highest BCUT2D eigenvalue weighted by Gasteiger charge is 2.23. The van der Waals surface area contributed by atoms with Gasteiger partial charge in [0.05, 0.1) is 22.3 Å². The molecule has 0 spiro atoms. The predicted octanol–water partition coefficient (Wildman–Crippen LogP) is 6.53. The molecule has 0 unspecified atom stereocenters. The number of hydrogen-bond acceptors (Lipinski definition) is 4. The zero-order chi connectivity index (χ0) is 22.8. The van der Waals surface area contributed by atoms with E-state index < -0.39 is 6.04 Å². The van der Waals surface area contributed by atoms with Crippen molar-refractivity contribution < 1.29 is 9.18 Å². The minimum absolute atomic E-state index is 0.149. The van der Waals surface area contributed by atoms with Crippen LogP contribution in [-0.4, -0.2) is 15.9 Å². The van der Waals surface area contributed by atoms with E-state index in [4.69, 9.17) is 0 Å². The number of thiophene rings is 1. The Hall–Kier alpha value is -3.97. The largest absolute Gasteiger partial charge is 0.370 e. The molecule has 0 fully saturated rings. The maximum absolute atomic E-state index is 14.5. The van der Waals surface area contributed by atoms with E-state index >= 15 is 0 Å². The zero-order valence-electron chi connectivity index (χ0n) is 17.8. The number of benzene rings is 2. The molecule has 0 bridgehead atoms. The second-order valence-electron chi connectivity index (χ2n) is 7.67. The number of nitrogens with one attached hydrogen (secondary N) is 3. The lowest BCUT2D eigenvalue weighted by atomic mass is 9.98. The lowest BCUT2D eigenvalue weighted by molar-refractivity contribution is 0.103. The number of H-pyrrole nitrogens is 1. The number of carbonyl (C=O) groups excluding carboxylic acids is 1. The smallest absolute Gasteiger partial charge is 0.265 e. The average molecular weight is 457 g/mol. The second-order valence-corrected chi connectivity index (χ2v) is 8.61. The number of hydrogen-bond donors (Lipinski definition) is 3. The molecule has 5 aromatic rings. The molecule has 0 aliphatic heterocycles. The van der Waals surface area contributed by atoms with Crippen molar-refractivity contribution in [2.75, 3.05) is 10.6 Å². The molecule has 2 aromatic carbocycles. The number of aryl methyl sites for hydroxylation is 1. The predicted molar refractivity (Wildman–Crippen MR) is 131 cm³/mol. The van der Waals surface area contributed by atoms with Gasteiger partial charge in [0.25, 0.3) is 5.91 Å². The van der Waals surface area contributed by atoms with Crippen LogP contribution in [0.25, 0.3) is 10.9 Å². The van der Waals surface area contributed by atoms with Gasteiger partial charge in [0.2, 0.25) is 0 Å². The molecule has 3 N–H and O–H groups in total. The van der Waals surface area contributed by atoms with Crippen LogP contribution in [0.2, 0.25) is 0 Å². The van der Waals surface area contributed by atoms with Crippen LogP contribution in [0, 0.1) is 12.7 Å². The third-order valence-electron chi connectivity index (χ3n) is 5.48. The minimum Gasteiger partial charge on any atom is -0.370 e. The average Bonchev–Trinajstić information content (AvgIpc) is 3.47. The van der Waals surface area contributed by atoms with Crippen LogP contribution in [-0.2, 0) is 0 Å². The quantitative estimate of drug-likeness (QED) is 0.272. The van der Waals surface area contributed by atoms with Crippen molar-refractivity contribution in [3.63, 3.8) is 0 Å². The molecule has 0 aliphatic rings. The Morgan fingerprint density at radius 2 is 1.91 bits per heavy atom. The number of rotatable bonds is 6. The number of fused-ring (bicyclic) bond motifs is 1. The number of halogens is 1. The van der Waals surface area contributed by atoms with Crippen molar-refractivity contribution >= 4 is 39.5 Å². The number of aromatic amines is 1. The van der Waals surface area contributed by atoms with Crippen molar-refractivity contribution in [1.29, 1.82) is 0 Å². The molecule has 0 radical (unpaired) electrons. The lowest BCUT2D eigenvalue weighted by Gasteiger charge is -2.21. The first-order valence-corrected chi connectivity index (χ1v) is 11.4. The van der Waals surface area contributed by atoms with Crippen molar-refractivity contribution in [2.24, 2.45) is 0 Å². The van der Waals surface area contributed by atoms with Crippen LogP contribution < -0.4 is 10.6 Å². The molecule has 3 heterocycles. The number of pyridine rings is 1. The van der Waals surface area contributed by atoms with Crippen LogP contribution in [0.3, 0.4) is 0 Å². The summed E-state index contributed by atoms with van der Waals surface area (Å²) in [6, 6.07) is 21.3. The van der Waals surface area contributed by atoms with Gasteiger partial charge in [-0.25, -0.2) is 4.39 Å². The third kappa shape index (κ3) is 4.23. The normalized spacial score (nSPS) is 11.9. The number of para-hydroxylation sites is 1. The first-order chi connectivity index (χ1) is 16.1. The Bertz CT molecular complexity index is 1410. The van der Waals surface area contributed by atoms with Gasteiger partial charge in [0, 0.05) is 34.0 Å². The number of amides is 1. The van der Waals surface area contributed by atoms with E-state index in [9.17, 15) is 9.18 Å². The van der Waals surface area contributed by atoms with Gasteiger partial charge in [-0.1, -0.05) is 24.3 Å². The molecule has 5 rings (SSSR count). The molecule has 33 heavy (non-hydrogen) atoms. The van der Waals surface area contributed by atoms with Gasteiger partial charge in [-0.05, 0) is 60.8 Å². The van der Waals surface area contributed by atoms with E-state index in [0.29, 0.717) is 16.3 Å². The van der Waals surface area contributed by atoms with Crippen molar-refractivity contribution in [2.45, 2.75) is 13.0 Å². The third-order valence-corrected chi connectivity index (χ3v) is 6.35. The molecule has 1 atom stereocenters. The molecule has 1 amide bonds. The number of anilines is 2. The van der Waals surface area contributed by atoms with Crippen LogP contribution in [0.4, 0.5) is 15.8 Å². The Balaban J connectivity index is 1.59. The summed E-state index contributed by atoms with van der Waals surface area (Å²) in [5, 5.41) is 9.11. The van der Waals surface area contributed by atoms with E-state index in [-0.39, 0.29) is 11.7 Å². The van der Waals surface area contributed by atoms with Gasteiger partial charge >= 0.3 is 0 Å². The molecule has 0 saturated carbocycles. The molecule has 7 heteroatoms. The molecule has 0 saturated heterocycles. The van der Waals surface area contributed by atoms with E-state index in [1.54, 1.807) is 30.5 Å². The Morgan fingerprint density at radius 1 is 1.06 bits per heavy atom. The van der Waals surface area contributed by atoms with Crippen LogP contribution in [0.1, 0.15) is 32.7 Å². The SMILES string of the molecule is Cc1[nH]c2ccc(NC(=O)c3cccs3)cc2c1[C@@H](Nc1ccccc1F)c1ccccn1. The highest BCUT2D eigenvalue weighted by molar-refractivity contribution is 7.12.